The predicted molar refractivity (Wildman–Crippen MR) is 95.6 cm³/mol. The highest BCUT2D eigenvalue weighted by Gasteiger charge is 2.46. The van der Waals surface area contributed by atoms with Gasteiger partial charge in [-0.2, -0.15) is 0 Å². The van der Waals surface area contributed by atoms with Crippen molar-refractivity contribution < 1.29 is 24.3 Å². The van der Waals surface area contributed by atoms with Gasteiger partial charge in [0.2, 0.25) is 5.91 Å². The van der Waals surface area contributed by atoms with E-state index in [0.717, 1.165) is 16.0 Å². The summed E-state index contributed by atoms with van der Waals surface area (Å²) in [7, 11) is 0. The Morgan fingerprint density at radius 3 is 2.52 bits per heavy atom. The normalized spacial score (nSPS) is 19.7. The zero-order chi connectivity index (χ0) is 19.7. The van der Waals surface area contributed by atoms with Crippen molar-refractivity contribution in [3.8, 4) is 0 Å². The fourth-order valence-corrected chi connectivity index (χ4v) is 3.55. The van der Waals surface area contributed by atoms with Crippen LogP contribution in [0.25, 0.3) is 0 Å². The minimum atomic E-state index is -1.11. The highest BCUT2D eigenvalue weighted by molar-refractivity contribution is 6.05. The molecule has 2 atom stereocenters. The van der Waals surface area contributed by atoms with Gasteiger partial charge in [0.25, 0.3) is 5.91 Å². The fourth-order valence-electron chi connectivity index (χ4n) is 3.55. The van der Waals surface area contributed by atoms with Crippen molar-refractivity contribution in [3.05, 3.63) is 35.4 Å². The number of rotatable bonds is 6. The highest BCUT2D eigenvalue weighted by atomic mass is 16.4. The monoisotopic (exact) mass is 373 g/mol. The molecule has 1 aromatic rings. The Balaban J connectivity index is 1.62. The van der Waals surface area contributed by atoms with E-state index in [4.69, 9.17) is 5.11 Å². The average Bonchev–Trinajstić information content (AvgIpc) is 2.86. The van der Waals surface area contributed by atoms with Gasteiger partial charge in [0.15, 0.2) is 0 Å². The molecule has 0 saturated carbocycles. The molecular weight excluding hydrogens is 350 g/mol. The second kappa shape index (κ2) is 7.38. The standard InChI is InChI=1S/C19H23N3O5/c1-11(2)16(18(25)26)20-15(23)7-8-21-17(24)14-9-12-5-3-4-6-13(12)10-22(14)19(21)27/h3-6,11,14,16H,7-10H2,1-2H3,(H,20,23)(H,25,26). The van der Waals surface area contributed by atoms with Gasteiger partial charge in [-0.25, -0.2) is 9.59 Å². The molecule has 4 amide bonds. The summed E-state index contributed by atoms with van der Waals surface area (Å²) in [4.78, 5) is 51.2. The van der Waals surface area contributed by atoms with Crippen LogP contribution in [0.1, 0.15) is 31.4 Å². The molecule has 8 nitrogen and oxygen atoms in total. The summed E-state index contributed by atoms with van der Waals surface area (Å²) in [5.41, 5.74) is 2.08. The SMILES string of the molecule is CC(C)C(NC(=O)CCN1C(=O)C2Cc3ccccc3CN2C1=O)C(=O)O. The van der Waals surface area contributed by atoms with Crippen LogP contribution < -0.4 is 5.32 Å². The second-order valence-electron chi connectivity index (χ2n) is 7.27. The molecule has 0 bridgehead atoms. The molecule has 8 heteroatoms. The molecule has 3 rings (SSSR count). The van der Waals surface area contributed by atoms with Gasteiger partial charge < -0.3 is 15.3 Å². The summed E-state index contributed by atoms with van der Waals surface area (Å²) in [5, 5.41) is 11.6. The first-order chi connectivity index (χ1) is 12.8. The van der Waals surface area contributed by atoms with Crippen molar-refractivity contribution in [2.24, 2.45) is 5.92 Å². The van der Waals surface area contributed by atoms with Gasteiger partial charge in [-0.05, 0) is 17.0 Å². The molecule has 2 heterocycles. The quantitative estimate of drug-likeness (QED) is 0.723. The third-order valence-electron chi connectivity index (χ3n) is 5.09. The molecule has 27 heavy (non-hydrogen) atoms. The summed E-state index contributed by atoms with van der Waals surface area (Å²) in [6.45, 7) is 3.71. The van der Waals surface area contributed by atoms with E-state index in [1.165, 1.54) is 4.90 Å². The van der Waals surface area contributed by atoms with Crippen LogP contribution >= 0.6 is 0 Å². The van der Waals surface area contributed by atoms with Crippen LogP contribution in [0.4, 0.5) is 4.79 Å². The van der Waals surface area contributed by atoms with E-state index in [9.17, 15) is 19.2 Å². The summed E-state index contributed by atoms with van der Waals surface area (Å²) in [6.07, 6.45) is 0.347. The molecular formula is C19H23N3O5. The molecule has 1 aromatic carbocycles. The van der Waals surface area contributed by atoms with Crippen molar-refractivity contribution >= 4 is 23.8 Å². The van der Waals surface area contributed by atoms with Crippen molar-refractivity contribution in [2.45, 2.75) is 45.3 Å². The molecule has 2 aliphatic rings. The molecule has 2 unspecified atom stereocenters. The van der Waals surface area contributed by atoms with Gasteiger partial charge in [0, 0.05) is 25.9 Å². The lowest BCUT2D eigenvalue weighted by Gasteiger charge is -2.28. The van der Waals surface area contributed by atoms with E-state index in [-0.39, 0.29) is 24.8 Å². The Hall–Kier alpha value is -2.90. The van der Waals surface area contributed by atoms with E-state index in [2.05, 4.69) is 5.32 Å². The van der Waals surface area contributed by atoms with Crippen molar-refractivity contribution in [3.63, 3.8) is 0 Å². The van der Waals surface area contributed by atoms with E-state index in [1.54, 1.807) is 13.8 Å². The Labute approximate surface area is 157 Å². The number of carbonyl (C=O) groups is 4. The molecule has 0 aliphatic carbocycles. The Kier molecular flexibility index (Phi) is 5.16. The molecule has 1 saturated heterocycles. The van der Waals surface area contributed by atoms with Crippen LogP contribution in [0, 0.1) is 5.92 Å². The molecule has 144 valence electrons. The maximum absolute atomic E-state index is 12.6. The fraction of sp³-hybridized carbons (Fsp3) is 0.474. The summed E-state index contributed by atoms with van der Waals surface area (Å²) in [5.74, 6) is -2.18. The smallest absolute Gasteiger partial charge is 0.327 e. The number of nitrogens with zero attached hydrogens (tertiary/aromatic N) is 2. The third-order valence-corrected chi connectivity index (χ3v) is 5.09. The number of imide groups is 1. The summed E-state index contributed by atoms with van der Waals surface area (Å²) in [6, 6.07) is 5.78. The Morgan fingerprint density at radius 2 is 1.89 bits per heavy atom. The minimum absolute atomic E-state index is 0.0583. The van der Waals surface area contributed by atoms with Gasteiger partial charge >= 0.3 is 12.0 Å². The number of benzene rings is 1. The number of hydrogen-bond donors (Lipinski definition) is 2. The number of aliphatic carboxylic acids is 1. The van der Waals surface area contributed by atoms with E-state index >= 15 is 0 Å². The van der Waals surface area contributed by atoms with Gasteiger partial charge in [-0.1, -0.05) is 38.1 Å². The van der Waals surface area contributed by atoms with Crippen molar-refractivity contribution in [1.82, 2.24) is 15.1 Å². The largest absolute Gasteiger partial charge is 0.480 e. The van der Waals surface area contributed by atoms with Crippen LogP contribution in [-0.4, -0.2) is 57.3 Å². The van der Waals surface area contributed by atoms with E-state index in [0.29, 0.717) is 13.0 Å². The van der Waals surface area contributed by atoms with Crippen molar-refractivity contribution in [1.29, 1.82) is 0 Å². The lowest BCUT2D eigenvalue weighted by atomic mass is 9.95. The van der Waals surface area contributed by atoms with Gasteiger partial charge in [0.05, 0.1) is 0 Å². The van der Waals surface area contributed by atoms with E-state index in [1.807, 2.05) is 24.3 Å². The van der Waals surface area contributed by atoms with Gasteiger partial charge in [0.1, 0.15) is 12.1 Å². The molecule has 2 N–H and O–H groups in total. The molecule has 2 aliphatic heterocycles. The first-order valence-electron chi connectivity index (χ1n) is 9.00. The van der Waals surface area contributed by atoms with E-state index < -0.39 is 30.0 Å². The molecule has 1 fully saturated rings. The van der Waals surface area contributed by atoms with Crippen LogP contribution in [0.5, 0.6) is 0 Å². The Morgan fingerprint density at radius 1 is 1.22 bits per heavy atom. The maximum atomic E-state index is 12.6. The van der Waals surface area contributed by atoms with Gasteiger partial charge in [-0.3, -0.25) is 14.5 Å². The first-order valence-corrected chi connectivity index (χ1v) is 9.00. The zero-order valence-electron chi connectivity index (χ0n) is 15.3. The second-order valence-corrected chi connectivity index (χ2v) is 7.27. The highest BCUT2D eigenvalue weighted by Crippen LogP contribution is 2.29. The minimum Gasteiger partial charge on any atom is -0.480 e. The topological polar surface area (TPSA) is 107 Å². The van der Waals surface area contributed by atoms with Crippen molar-refractivity contribution in [2.75, 3.05) is 6.54 Å². The number of amides is 4. The number of hydrogen-bond acceptors (Lipinski definition) is 4. The number of nitrogens with one attached hydrogen (secondary N) is 1. The third kappa shape index (κ3) is 3.65. The van der Waals surface area contributed by atoms with Crippen LogP contribution in [0.3, 0.4) is 0 Å². The zero-order valence-corrected chi connectivity index (χ0v) is 15.3. The number of carbonyl (C=O) groups excluding carboxylic acids is 3. The molecule has 0 radical (unpaired) electrons. The summed E-state index contributed by atoms with van der Waals surface area (Å²) >= 11 is 0. The Bertz CT molecular complexity index is 748. The summed E-state index contributed by atoms with van der Waals surface area (Å²) < 4.78 is 0. The first kappa shape index (κ1) is 18.9. The molecule has 0 spiro atoms. The van der Waals surface area contributed by atoms with Crippen LogP contribution in [0.15, 0.2) is 24.3 Å². The maximum Gasteiger partial charge on any atom is 0.327 e. The van der Waals surface area contributed by atoms with Crippen LogP contribution in [0.2, 0.25) is 0 Å². The number of urea groups is 1. The number of fused-ring (bicyclic) bond motifs is 2. The molecule has 0 aromatic heterocycles. The number of carboxylic acid groups (broad SMARTS) is 1. The predicted octanol–water partition coefficient (Wildman–Crippen LogP) is 0.991. The lowest BCUT2D eigenvalue weighted by molar-refractivity contribution is -0.143. The van der Waals surface area contributed by atoms with Crippen LogP contribution in [-0.2, 0) is 27.3 Å². The average molecular weight is 373 g/mol. The lowest BCUT2D eigenvalue weighted by Crippen LogP contribution is -2.45. The van der Waals surface area contributed by atoms with Gasteiger partial charge in [-0.15, -0.1) is 0 Å². The number of carboxylic acids is 1.